The van der Waals surface area contributed by atoms with Crippen LogP contribution in [0, 0.1) is 18.7 Å². The molecule has 1 aromatic carbocycles. The molecule has 0 bridgehead atoms. The predicted octanol–water partition coefficient (Wildman–Crippen LogP) is 4.22. The smallest absolute Gasteiger partial charge is 0.123 e. The van der Waals surface area contributed by atoms with Gasteiger partial charge in [-0.05, 0) is 49.6 Å². The van der Waals surface area contributed by atoms with Gasteiger partial charge in [-0.25, -0.2) is 4.39 Å². The second-order valence-corrected chi connectivity index (χ2v) is 5.03. The summed E-state index contributed by atoms with van der Waals surface area (Å²) in [6, 6.07) is 5.55. The summed E-state index contributed by atoms with van der Waals surface area (Å²) in [5.74, 6) is 0.532. The van der Waals surface area contributed by atoms with Gasteiger partial charge < -0.3 is 5.32 Å². The number of nitrogens with one attached hydrogen (secondary N) is 1. The minimum Gasteiger partial charge on any atom is -0.313 e. The summed E-state index contributed by atoms with van der Waals surface area (Å²) >= 11 is 0. The molecular formula is C15H24FN. The molecule has 1 N–H and O–H groups in total. The molecule has 96 valence electrons. The lowest BCUT2D eigenvalue weighted by atomic mass is 9.92. The lowest BCUT2D eigenvalue weighted by Crippen LogP contribution is -2.19. The Morgan fingerprint density at radius 2 is 2.00 bits per heavy atom. The Balaban J connectivity index is 2.78. The molecule has 0 aliphatic rings. The van der Waals surface area contributed by atoms with Crippen LogP contribution >= 0.6 is 0 Å². The maximum absolute atomic E-state index is 13.4. The first kappa shape index (κ1) is 14.2. The van der Waals surface area contributed by atoms with Crippen molar-refractivity contribution in [3.63, 3.8) is 0 Å². The summed E-state index contributed by atoms with van der Waals surface area (Å²) in [5, 5.41) is 3.30. The maximum Gasteiger partial charge on any atom is 0.123 e. The van der Waals surface area contributed by atoms with Gasteiger partial charge in [-0.15, -0.1) is 0 Å². The third-order valence-electron chi connectivity index (χ3n) is 3.23. The van der Waals surface area contributed by atoms with Gasteiger partial charge in [0.05, 0.1) is 0 Å². The zero-order valence-corrected chi connectivity index (χ0v) is 11.4. The molecule has 1 rings (SSSR count). The van der Waals surface area contributed by atoms with Crippen molar-refractivity contribution in [1.29, 1.82) is 0 Å². The highest BCUT2D eigenvalue weighted by atomic mass is 19.1. The largest absolute Gasteiger partial charge is 0.313 e. The summed E-state index contributed by atoms with van der Waals surface area (Å²) in [5.41, 5.74) is 2.05. The Morgan fingerprint density at radius 3 is 2.53 bits per heavy atom. The highest BCUT2D eigenvalue weighted by Crippen LogP contribution is 2.25. The molecule has 2 atom stereocenters. The summed E-state index contributed by atoms with van der Waals surface area (Å²) < 4.78 is 13.4. The van der Waals surface area contributed by atoms with E-state index in [0.29, 0.717) is 5.92 Å². The fraction of sp³-hybridized carbons (Fsp3) is 0.600. The molecule has 0 spiro atoms. The molecule has 0 aromatic heterocycles. The third-order valence-corrected chi connectivity index (χ3v) is 3.23. The number of halogens is 1. The molecule has 2 heteroatoms. The lowest BCUT2D eigenvalue weighted by Gasteiger charge is -2.21. The molecule has 0 radical (unpaired) electrons. The number of rotatable bonds is 6. The molecule has 0 aliphatic heterocycles. The van der Waals surface area contributed by atoms with E-state index >= 15 is 0 Å². The van der Waals surface area contributed by atoms with Gasteiger partial charge in [-0.3, -0.25) is 0 Å². The molecule has 0 amide bonds. The van der Waals surface area contributed by atoms with Gasteiger partial charge in [-0.1, -0.05) is 32.8 Å². The van der Waals surface area contributed by atoms with Crippen molar-refractivity contribution >= 4 is 0 Å². The second kappa shape index (κ2) is 6.75. The van der Waals surface area contributed by atoms with E-state index in [4.69, 9.17) is 0 Å². The van der Waals surface area contributed by atoms with Gasteiger partial charge in [-0.2, -0.15) is 0 Å². The molecule has 0 heterocycles. The molecule has 1 nitrogen and oxygen atoms in total. The van der Waals surface area contributed by atoms with E-state index in [1.165, 1.54) is 12.8 Å². The van der Waals surface area contributed by atoms with E-state index in [2.05, 4.69) is 25.2 Å². The summed E-state index contributed by atoms with van der Waals surface area (Å²) in [7, 11) is 1.95. The normalized spacial score (nSPS) is 14.6. The van der Waals surface area contributed by atoms with Gasteiger partial charge in [0.15, 0.2) is 0 Å². The molecule has 1 aromatic rings. The van der Waals surface area contributed by atoms with Crippen molar-refractivity contribution in [2.45, 2.75) is 46.1 Å². The van der Waals surface area contributed by atoms with Crippen LogP contribution in [0.3, 0.4) is 0 Å². The quantitative estimate of drug-likeness (QED) is 0.781. The van der Waals surface area contributed by atoms with Crippen molar-refractivity contribution < 1.29 is 4.39 Å². The van der Waals surface area contributed by atoms with Crippen molar-refractivity contribution in [2.75, 3.05) is 7.05 Å². The Hall–Kier alpha value is -0.890. The fourth-order valence-electron chi connectivity index (χ4n) is 2.40. The van der Waals surface area contributed by atoms with E-state index in [-0.39, 0.29) is 11.9 Å². The van der Waals surface area contributed by atoms with Gasteiger partial charge in [0, 0.05) is 6.04 Å². The predicted molar refractivity (Wildman–Crippen MR) is 71.6 cm³/mol. The van der Waals surface area contributed by atoms with Crippen molar-refractivity contribution in [3.05, 3.63) is 35.1 Å². The van der Waals surface area contributed by atoms with Crippen LogP contribution in [0.1, 0.15) is 50.3 Å². The summed E-state index contributed by atoms with van der Waals surface area (Å²) in [4.78, 5) is 0. The van der Waals surface area contributed by atoms with Crippen molar-refractivity contribution in [1.82, 2.24) is 5.32 Å². The van der Waals surface area contributed by atoms with Crippen LogP contribution in [-0.2, 0) is 0 Å². The van der Waals surface area contributed by atoms with Crippen LogP contribution in [-0.4, -0.2) is 7.05 Å². The minimum absolute atomic E-state index is 0.136. The van der Waals surface area contributed by atoms with Crippen LogP contribution in [0.25, 0.3) is 0 Å². The zero-order chi connectivity index (χ0) is 12.8. The average Bonchev–Trinajstić information content (AvgIpc) is 2.24. The molecule has 0 saturated carbocycles. The standard InChI is InChI=1S/C15H24FN/c1-5-6-11(2)9-15(17-4)13-7-12(3)8-14(16)10-13/h7-8,10-11,15,17H,5-6,9H2,1-4H3. The minimum atomic E-state index is -0.136. The van der Waals surface area contributed by atoms with E-state index in [0.717, 1.165) is 17.5 Å². The fourth-order valence-corrected chi connectivity index (χ4v) is 2.40. The van der Waals surface area contributed by atoms with E-state index in [1.54, 1.807) is 12.1 Å². The number of aryl methyl sites for hydroxylation is 1. The van der Waals surface area contributed by atoms with Crippen LogP contribution in [0.2, 0.25) is 0 Å². The molecule has 2 unspecified atom stereocenters. The Kier molecular flexibility index (Phi) is 5.63. The van der Waals surface area contributed by atoms with Crippen molar-refractivity contribution in [2.24, 2.45) is 5.92 Å². The topological polar surface area (TPSA) is 12.0 Å². The average molecular weight is 237 g/mol. The van der Waals surface area contributed by atoms with E-state index in [1.807, 2.05) is 14.0 Å². The van der Waals surface area contributed by atoms with E-state index in [9.17, 15) is 4.39 Å². The summed E-state index contributed by atoms with van der Waals surface area (Å²) in [6.07, 6.45) is 3.50. The first-order chi connectivity index (χ1) is 8.06. The number of hydrogen-bond donors (Lipinski definition) is 1. The van der Waals surface area contributed by atoms with Gasteiger partial charge in [0.25, 0.3) is 0 Å². The highest BCUT2D eigenvalue weighted by Gasteiger charge is 2.14. The SMILES string of the molecule is CCCC(C)CC(NC)c1cc(C)cc(F)c1. The number of benzene rings is 1. The molecule has 17 heavy (non-hydrogen) atoms. The third kappa shape index (κ3) is 4.47. The highest BCUT2D eigenvalue weighted by molar-refractivity contribution is 5.26. The van der Waals surface area contributed by atoms with Gasteiger partial charge in [0.2, 0.25) is 0 Å². The summed E-state index contributed by atoms with van der Waals surface area (Å²) in [6.45, 7) is 6.41. The zero-order valence-electron chi connectivity index (χ0n) is 11.4. The van der Waals surface area contributed by atoms with Crippen molar-refractivity contribution in [3.8, 4) is 0 Å². The van der Waals surface area contributed by atoms with Crippen LogP contribution < -0.4 is 5.32 Å². The molecular weight excluding hydrogens is 213 g/mol. The van der Waals surface area contributed by atoms with Gasteiger partial charge in [0.1, 0.15) is 5.82 Å². The first-order valence-electron chi connectivity index (χ1n) is 6.51. The Morgan fingerprint density at radius 1 is 1.29 bits per heavy atom. The van der Waals surface area contributed by atoms with E-state index < -0.39 is 0 Å². The second-order valence-electron chi connectivity index (χ2n) is 5.03. The van der Waals surface area contributed by atoms with Gasteiger partial charge >= 0.3 is 0 Å². The Labute approximate surface area is 104 Å². The number of hydrogen-bond acceptors (Lipinski definition) is 1. The molecule has 0 fully saturated rings. The lowest BCUT2D eigenvalue weighted by molar-refractivity contribution is 0.406. The first-order valence-corrected chi connectivity index (χ1v) is 6.51. The van der Waals surface area contributed by atoms with Crippen LogP contribution in [0.5, 0.6) is 0 Å². The monoisotopic (exact) mass is 237 g/mol. The Bertz CT molecular complexity index is 329. The van der Waals surface area contributed by atoms with Crippen LogP contribution in [0.4, 0.5) is 4.39 Å². The maximum atomic E-state index is 13.4. The molecule has 0 aliphatic carbocycles. The molecule has 0 saturated heterocycles. The van der Waals surface area contributed by atoms with Crippen LogP contribution in [0.15, 0.2) is 18.2 Å².